The highest BCUT2D eigenvalue weighted by Gasteiger charge is 2.37. The van der Waals surface area contributed by atoms with Crippen LogP contribution >= 0.6 is 0 Å². The van der Waals surface area contributed by atoms with E-state index in [1.165, 1.54) is 20.0 Å². The third-order valence-electron chi connectivity index (χ3n) is 6.63. The van der Waals surface area contributed by atoms with E-state index in [9.17, 15) is 9.59 Å². The van der Waals surface area contributed by atoms with Crippen molar-refractivity contribution >= 4 is 16.9 Å². The van der Waals surface area contributed by atoms with Crippen molar-refractivity contribution in [2.24, 2.45) is 5.92 Å². The van der Waals surface area contributed by atoms with Gasteiger partial charge in [0.15, 0.2) is 0 Å². The van der Waals surface area contributed by atoms with Gasteiger partial charge < -0.3 is 24.3 Å². The molecule has 2 N–H and O–H groups in total. The fourth-order valence-electron chi connectivity index (χ4n) is 4.85. The summed E-state index contributed by atoms with van der Waals surface area (Å²) in [5.74, 6) is 0.870. The third kappa shape index (κ3) is 4.53. The Morgan fingerprint density at radius 2 is 2.06 bits per heavy atom. The molecule has 0 saturated heterocycles. The zero-order valence-electron chi connectivity index (χ0n) is 19.9. The Kier molecular flexibility index (Phi) is 6.56. The summed E-state index contributed by atoms with van der Waals surface area (Å²) in [6, 6.07) is 5.75. The van der Waals surface area contributed by atoms with Crippen molar-refractivity contribution in [3.8, 4) is 5.75 Å². The monoisotopic (exact) mass is 452 g/mol. The van der Waals surface area contributed by atoms with E-state index >= 15 is 0 Å². The number of rotatable bonds is 9. The Morgan fingerprint density at radius 3 is 2.73 bits per heavy atom. The number of hydrogen-bond donors (Lipinski definition) is 2. The van der Waals surface area contributed by atoms with Crippen molar-refractivity contribution in [1.82, 2.24) is 19.9 Å². The Bertz CT molecular complexity index is 1230. The average Bonchev–Trinajstić information content (AvgIpc) is 3.58. The number of carbonyl (C=O) groups is 1. The van der Waals surface area contributed by atoms with Gasteiger partial charge in [0, 0.05) is 30.1 Å². The maximum atomic E-state index is 12.9. The first kappa shape index (κ1) is 23.0. The summed E-state index contributed by atoms with van der Waals surface area (Å²) in [5, 5.41) is 3.85. The molecule has 0 aromatic carbocycles. The van der Waals surface area contributed by atoms with Gasteiger partial charge in [-0.2, -0.15) is 0 Å². The molecule has 4 rings (SSSR count). The van der Waals surface area contributed by atoms with Gasteiger partial charge in [-0.15, -0.1) is 0 Å². The van der Waals surface area contributed by atoms with Gasteiger partial charge in [-0.05, 0) is 63.3 Å². The summed E-state index contributed by atoms with van der Waals surface area (Å²) in [7, 11) is 3.28. The molecule has 0 radical (unpaired) electrons. The number of aryl methyl sites for hydroxylation is 1. The number of ether oxygens (including phenoxy) is 2. The number of amides is 1. The summed E-state index contributed by atoms with van der Waals surface area (Å²) in [6.07, 6.45) is 4.46. The van der Waals surface area contributed by atoms with Crippen molar-refractivity contribution in [2.75, 3.05) is 14.2 Å². The molecule has 8 heteroatoms. The Morgan fingerprint density at radius 1 is 1.30 bits per heavy atom. The Labute approximate surface area is 193 Å². The lowest BCUT2D eigenvalue weighted by atomic mass is 10.1. The van der Waals surface area contributed by atoms with Gasteiger partial charge in [-0.3, -0.25) is 9.59 Å². The summed E-state index contributed by atoms with van der Waals surface area (Å²) >= 11 is 0. The number of pyridine rings is 2. The number of methoxy groups -OCH3 is 2. The van der Waals surface area contributed by atoms with Gasteiger partial charge in [0.05, 0.1) is 37.8 Å². The normalized spacial score (nSPS) is 15.4. The quantitative estimate of drug-likeness (QED) is 0.520. The van der Waals surface area contributed by atoms with E-state index in [1.54, 1.807) is 26.3 Å². The van der Waals surface area contributed by atoms with E-state index in [0.717, 1.165) is 22.3 Å². The summed E-state index contributed by atoms with van der Waals surface area (Å²) < 4.78 is 13.4. The number of nitrogens with zero attached hydrogens (tertiary/aromatic N) is 2. The predicted octanol–water partition coefficient (Wildman–Crippen LogP) is 3.19. The van der Waals surface area contributed by atoms with Crippen LogP contribution in [0.2, 0.25) is 0 Å². The summed E-state index contributed by atoms with van der Waals surface area (Å²) in [4.78, 5) is 32.7. The number of hydrogen-bond acceptors (Lipinski definition) is 5. The van der Waals surface area contributed by atoms with Crippen LogP contribution in [0.3, 0.4) is 0 Å². The molecule has 3 aromatic heterocycles. The molecule has 33 heavy (non-hydrogen) atoms. The molecule has 0 spiro atoms. The minimum absolute atomic E-state index is 0.0946. The lowest BCUT2D eigenvalue weighted by Crippen LogP contribution is -2.29. The zero-order chi connectivity index (χ0) is 23.7. The van der Waals surface area contributed by atoms with Gasteiger partial charge in [0.1, 0.15) is 11.4 Å². The summed E-state index contributed by atoms with van der Waals surface area (Å²) in [6.45, 7) is 6.08. The maximum Gasteiger partial charge on any atom is 0.256 e. The Balaban J connectivity index is 1.59. The number of fused-ring (bicyclic) bond motifs is 1. The largest absolute Gasteiger partial charge is 0.496 e. The fourth-order valence-corrected chi connectivity index (χ4v) is 4.85. The van der Waals surface area contributed by atoms with Crippen LogP contribution in [0.15, 0.2) is 29.2 Å². The van der Waals surface area contributed by atoms with E-state index in [4.69, 9.17) is 9.47 Å². The molecule has 2 atom stereocenters. The number of aromatic amines is 1. The molecule has 0 aliphatic heterocycles. The van der Waals surface area contributed by atoms with Crippen LogP contribution in [0.5, 0.6) is 5.75 Å². The topological polar surface area (TPSA) is 98.2 Å². The van der Waals surface area contributed by atoms with Crippen LogP contribution in [-0.4, -0.2) is 40.8 Å². The molecule has 0 bridgehead atoms. The zero-order valence-corrected chi connectivity index (χ0v) is 19.9. The minimum atomic E-state index is -0.261. The van der Waals surface area contributed by atoms with Gasteiger partial charge in [-0.25, -0.2) is 4.98 Å². The minimum Gasteiger partial charge on any atom is -0.496 e. The molecule has 1 aliphatic rings. The number of aromatic nitrogens is 3. The van der Waals surface area contributed by atoms with Crippen LogP contribution in [0.1, 0.15) is 48.3 Å². The van der Waals surface area contributed by atoms with Gasteiger partial charge >= 0.3 is 0 Å². The number of carbonyl (C=O) groups excluding carboxylic acids is 1. The molecular weight excluding hydrogens is 420 g/mol. The highest BCUT2D eigenvalue weighted by molar-refractivity contribution is 5.89. The second kappa shape index (κ2) is 9.39. The van der Waals surface area contributed by atoms with Crippen LogP contribution in [0, 0.1) is 19.8 Å². The van der Waals surface area contributed by atoms with Gasteiger partial charge in [0.2, 0.25) is 5.91 Å². The highest BCUT2D eigenvalue weighted by Crippen LogP contribution is 2.41. The maximum absolute atomic E-state index is 12.9. The van der Waals surface area contributed by atoms with Crippen molar-refractivity contribution in [1.29, 1.82) is 0 Å². The molecular formula is C25H32N4O4. The number of H-pyrrole nitrogens is 1. The molecule has 3 aromatic rings. The van der Waals surface area contributed by atoms with Crippen molar-refractivity contribution in [3.63, 3.8) is 0 Å². The van der Waals surface area contributed by atoms with Crippen molar-refractivity contribution in [2.45, 2.75) is 58.7 Å². The smallest absolute Gasteiger partial charge is 0.256 e. The second-order valence-electron chi connectivity index (χ2n) is 8.87. The first-order valence-electron chi connectivity index (χ1n) is 11.4. The van der Waals surface area contributed by atoms with Crippen LogP contribution < -0.4 is 15.6 Å². The second-order valence-corrected chi connectivity index (χ2v) is 8.87. The molecule has 8 nitrogen and oxygen atoms in total. The van der Waals surface area contributed by atoms with Crippen molar-refractivity contribution in [3.05, 3.63) is 57.3 Å². The predicted molar refractivity (Wildman–Crippen MR) is 127 cm³/mol. The molecule has 1 amide bonds. The number of nitrogens with one attached hydrogen (secondary N) is 2. The molecule has 2 unspecified atom stereocenters. The molecule has 1 aliphatic carbocycles. The van der Waals surface area contributed by atoms with E-state index in [0.29, 0.717) is 22.9 Å². The first-order valence-corrected chi connectivity index (χ1v) is 11.4. The SMILES string of the molecule is COc1cc(C)[nH]c(=O)c1CNC(=O)Cc1c(C)n(C(C)C(OC)C2CC2)c2ncccc12. The Hall–Kier alpha value is -3.13. The summed E-state index contributed by atoms with van der Waals surface area (Å²) in [5.41, 5.74) is 3.67. The van der Waals surface area contributed by atoms with Gasteiger partial charge in [-0.1, -0.05) is 0 Å². The average molecular weight is 453 g/mol. The van der Waals surface area contributed by atoms with Crippen LogP contribution in [-0.2, 0) is 22.5 Å². The highest BCUT2D eigenvalue weighted by atomic mass is 16.5. The fraction of sp³-hybridized carbons (Fsp3) is 0.480. The standard InChI is InChI=1S/C25H32N4O4/c1-14-11-21(32-4)20(25(31)28-14)13-27-22(30)12-19-15(2)29(24-18(19)7-6-10-26-24)16(3)23(33-5)17-8-9-17/h6-7,10-11,16-17,23H,8-9,12-13H2,1-5H3,(H,27,30)(H,28,31). The molecule has 176 valence electrons. The van der Waals surface area contributed by atoms with Crippen molar-refractivity contribution < 1.29 is 14.3 Å². The molecule has 1 saturated carbocycles. The van der Waals surface area contributed by atoms with E-state index in [1.807, 2.05) is 19.1 Å². The molecule has 1 fully saturated rings. The first-order chi connectivity index (χ1) is 15.8. The molecule has 3 heterocycles. The lowest BCUT2D eigenvalue weighted by molar-refractivity contribution is -0.120. The van der Waals surface area contributed by atoms with Gasteiger partial charge in [0.25, 0.3) is 5.56 Å². The van der Waals surface area contributed by atoms with Crippen LogP contribution in [0.25, 0.3) is 11.0 Å². The van der Waals surface area contributed by atoms with E-state index in [-0.39, 0.29) is 36.6 Å². The van der Waals surface area contributed by atoms with E-state index in [2.05, 4.69) is 26.8 Å². The van der Waals surface area contributed by atoms with E-state index < -0.39 is 0 Å². The lowest BCUT2D eigenvalue weighted by Gasteiger charge is -2.26. The third-order valence-corrected chi connectivity index (χ3v) is 6.63. The van der Waals surface area contributed by atoms with Crippen LogP contribution in [0.4, 0.5) is 0 Å².